The first kappa shape index (κ1) is 33.5. The topological polar surface area (TPSA) is 135 Å². The van der Waals surface area contributed by atoms with Gasteiger partial charge < -0.3 is 20.1 Å². The van der Waals surface area contributed by atoms with Crippen molar-refractivity contribution in [3.63, 3.8) is 0 Å². The molecule has 2 aromatic heterocycles. The van der Waals surface area contributed by atoms with Gasteiger partial charge in [-0.25, -0.2) is 9.97 Å². The normalized spacial score (nSPS) is 15.4. The van der Waals surface area contributed by atoms with Gasteiger partial charge in [0.1, 0.15) is 11.4 Å². The van der Waals surface area contributed by atoms with Crippen LogP contribution in [0.15, 0.2) is 48.8 Å². The highest BCUT2D eigenvalue weighted by Gasteiger charge is 2.34. The molecule has 0 saturated carbocycles. The summed E-state index contributed by atoms with van der Waals surface area (Å²) in [4.78, 5) is 46.8. The molecule has 6 rings (SSSR count). The van der Waals surface area contributed by atoms with Gasteiger partial charge >= 0.3 is 0 Å². The van der Waals surface area contributed by atoms with E-state index in [1.165, 1.54) is 0 Å². The summed E-state index contributed by atoms with van der Waals surface area (Å²) in [5.74, 6) is 0.843. The van der Waals surface area contributed by atoms with E-state index in [0.29, 0.717) is 106 Å². The zero-order valence-corrected chi connectivity index (χ0v) is 28.6. The zero-order chi connectivity index (χ0) is 33.9. The number of hydrogen-bond donors (Lipinski definition) is 2. The number of amides is 2. The van der Waals surface area contributed by atoms with Crippen LogP contribution in [-0.2, 0) is 22.7 Å². The van der Waals surface area contributed by atoms with Crippen LogP contribution in [-0.4, -0.2) is 96.0 Å². The number of hydrogen-bond acceptors (Lipinski definition) is 10. The van der Waals surface area contributed by atoms with Crippen LogP contribution in [0.25, 0.3) is 33.6 Å². The number of halogens is 2. The van der Waals surface area contributed by atoms with Gasteiger partial charge in [0.05, 0.1) is 59.9 Å². The highest BCUT2D eigenvalue weighted by molar-refractivity contribution is 6.39. The first-order valence-electron chi connectivity index (χ1n) is 15.5. The van der Waals surface area contributed by atoms with Crippen LogP contribution in [0.1, 0.15) is 11.4 Å². The van der Waals surface area contributed by atoms with E-state index >= 15 is 0 Å². The maximum absolute atomic E-state index is 11.9. The number of nitrogens with one attached hydrogen (secondary N) is 2. The maximum Gasteiger partial charge on any atom is 0.237 e. The number of aromatic nitrogens is 4. The largest absolute Gasteiger partial charge is 0.480 e. The molecule has 4 heterocycles. The van der Waals surface area contributed by atoms with Crippen molar-refractivity contribution >= 4 is 35.0 Å². The Labute approximate surface area is 288 Å². The van der Waals surface area contributed by atoms with Crippen molar-refractivity contribution in [2.24, 2.45) is 11.8 Å². The second-order valence-electron chi connectivity index (χ2n) is 11.8. The van der Waals surface area contributed by atoms with Crippen molar-refractivity contribution in [1.29, 1.82) is 0 Å². The summed E-state index contributed by atoms with van der Waals surface area (Å²) in [5.41, 5.74) is 5.24. The third-order valence-electron chi connectivity index (χ3n) is 8.74. The van der Waals surface area contributed by atoms with Gasteiger partial charge in [-0.1, -0.05) is 59.6 Å². The van der Waals surface area contributed by atoms with E-state index in [1.54, 1.807) is 40.7 Å². The summed E-state index contributed by atoms with van der Waals surface area (Å²) in [5, 5.41) is 6.31. The predicted molar refractivity (Wildman–Crippen MR) is 183 cm³/mol. The molecule has 2 aliphatic rings. The maximum atomic E-state index is 11.9. The number of likely N-dealkylation sites (tertiary alicyclic amines) is 2. The number of ether oxygens (including phenoxy) is 2. The van der Waals surface area contributed by atoms with Crippen molar-refractivity contribution in [1.82, 2.24) is 40.4 Å². The molecule has 4 aromatic rings. The second-order valence-corrected chi connectivity index (χ2v) is 12.5. The average Bonchev–Trinajstić information content (AvgIpc) is 3.07. The third-order valence-corrected chi connectivity index (χ3v) is 9.56. The third kappa shape index (κ3) is 6.66. The van der Waals surface area contributed by atoms with E-state index in [-0.39, 0.29) is 23.7 Å². The van der Waals surface area contributed by atoms with E-state index < -0.39 is 0 Å². The van der Waals surface area contributed by atoms with Gasteiger partial charge in [0.15, 0.2) is 0 Å². The molecule has 2 saturated heterocycles. The summed E-state index contributed by atoms with van der Waals surface area (Å²) in [6, 6.07) is 11.3. The zero-order valence-electron chi connectivity index (χ0n) is 27.1. The Morgan fingerprint density at radius 1 is 0.708 bits per heavy atom. The standard InChI is InChI=1S/C34H36Cl2N8O4/c1-37-31(45)19-13-43(14-19)17-27-33(47-3)41-25(11-39-27)23-9-5-7-21(29(23)35)22-8-6-10-24(30(22)36)26-12-40-28(34(42-26)48-4)18-44-15-20(16-44)32(46)38-2/h5-12,19-20H,13-18H2,1-4H3,(H,37,45)(H,38,46). The molecule has 14 heteroatoms. The number of nitrogens with zero attached hydrogens (tertiary/aromatic N) is 6. The van der Waals surface area contributed by atoms with Crippen molar-refractivity contribution in [2.45, 2.75) is 13.1 Å². The molecule has 0 radical (unpaired) electrons. The van der Waals surface area contributed by atoms with Crippen molar-refractivity contribution < 1.29 is 19.1 Å². The Hall–Kier alpha value is -4.36. The Balaban J connectivity index is 1.23. The van der Waals surface area contributed by atoms with Crippen LogP contribution in [0, 0.1) is 11.8 Å². The summed E-state index contributed by atoms with van der Waals surface area (Å²) in [6.45, 7) is 3.66. The van der Waals surface area contributed by atoms with Gasteiger partial charge in [0, 0.05) is 75.6 Å². The predicted octanol–water partition coefficient (Wildman–Crippen LogP) is 3.95. The van der Waals surface area contributed by atoms with E-state index in [1.807, 2.05) is 36.4 Å². The molecule has 0 aliphatic carbocycles. The van der Waals surface area contributed by atoms with Gasteiger partial charge in [-0.15, -0.1) is 0 Å². The molecule has 0 unspecified atom stereocenters. The van der Waals surface area contributed by atoms with Crippen LogP contribution < -0.4 is 20.1 Å². The summed E-state index contributed by atoms with van der Waals surface area (Å²) in [7, 11) is 6.41. The van der Waals surface area contributed by atoms with Crippen molar-refractivity contribution in [3.05, 3.63) is 70.2 Å². The monoisotopic (exact) mass is 690 g/mol. The van der Waals surface area contributed by atoms with Gasteiger partial charge in [0.25, 0.3) is 0 Å². The molecule has 48 heavy (non-hydrogen) atoms. The van der Waals surface area contributed by atoms with Crippen LogP contribution in [0.2, 0.25) is 10.0 Å². The smallest absolute Gasteiger partial charge is 0.237 e. The highest BCUT2D eigenvalue weighted by atomic mass is 35.5. The number of rotatable bonds is 11. The lowest BCUT2D eigenvalue weighted by Crippen LogP contribution is -2.52. The molecule has 250 valence electrons. The molecular formula is C34H36Cl2N8O4. The summed E-state index contributed by atoms with van der Waals surface area (Å²) in [6.07, 6.45) is 3.36. The minimum atomic E-state index is -0.0191. The van der Waals surface area contributed by atoms with E-state index in [0.717, 1.165) is 0 Å². The number of carbonyl (C=O) groups is 2. The van der Waals surface area contributed by atoms with Gasteiger partial charge in [0.2, 0.25) is 23.6 Å². The number of benzene rings is 2. The number of methoxy groups -OCH3 is 2. The van der Waals surface area contributed by atoms with Crippen LogP contribution in [0.4, 0.5) is 0 Å². The van der Waals surface area contributed by atoms with Gasteiger partial charge in [-0.2, -0.15) is 0 Å². The Morgan fingerprint density at radius 3 is 1.44 bits per heavy atom. The fraction of sp³-hybridized carbons (Fsp3) is 0.353. The van der Waals surface area contributed by atoms with Crippen LogP contribution in [0.3, 0.4) is 0 Å². The van der Waals surface area contributed by atoms with Gasteiger partial charge in [-0.05, 0) is 0 Å². The minimum absolute atomic E-state index is 0.0191. The van der Waals surface area contributed by atoms with E-state index in [9.17, 15) is 9.59 Å². The van der Waals surface area contributed by atoms with E-state index in [4.69, 9.17) is 42.6 Å². The summed E-state index contributed by atoms with van der Waals surface area (Å²) < 4.78 is 11.2. The Morgan fingerprint density at radius 2 is 1.08 bits per heavy atom. The highest BCUT2D eigenvalue weighted by Crippen LogP contribution is 2.42. The molecule has 2 aromatic carbocycles. The molecule has 0 spiro atoms. The van der Waals surface area contributed by atoms with E-state index in [2.05, 4.69) is 30.4 Å². The Kier molecular flexibility index (Phi) is 10.1. The second kappa shape index (κ2) is 14.4. The van der Waals surface area contributed by atoms with Crippen molar-refractivity contribution in [3.8, 4) is 45.4 Å². The fourth-order valence-corrected chi connectivity index (χ4v) is 6.68. The Bertz CT molecular complexity index is 1710. The molecule has 2 aliphatic heterocycles. The average molecular weight is 692 g/mol. The lowest BCUT2D eigenvalue weighted by Gasteiger charge is -2.37. The molecule has 12 nitrogen and oxygen atoms in total. The lowest BCUT2D eigenvalue weighted by atomic mass is 9.98. The van der Waals surface area contributed by atoms with Gasteiger partial charge in [-0.3, -0.25) is 29.4 Å². The molecule has 0 atom stereocenters. The van der Waals surface area contributed by atoms with Crippen LogP contribution >= 0.6 is 23.2 Å². The van der Waals surface area contributed by atoms with Crippen molar-refractivity contribution in [2.75, 3.05) is 54.5 Å². The molecule has 2 amide bonds. The summed E-state index contributed by atoms with van der Waals surface area (Å²) >= 11 is 14.1. The SMILES string of the molecule is CNC(=O)C1CN(Cc2ncc(-c3cccc(-c4cccc(-c5cnc(CN6CC(C(=O)NC)C6)c(OC)n5)c4Cl)c3Cl)nc2OC)C1. The molecule has 2 N–H and O–H groups in total. The minimum Gasteiger partial charge on any atom is -0.480 e. The lowest BCUT2D eigenvalue weighted by molar-refractivity contribution is -0.130. The molecule has 0 bridgehead atoms. The number of carbonyl (C=O) groups excluding carboxylic acids is 2. The molecule has 2 fully saturated rings. The fourth-order valence-electron chi connectivity index (χ4n) is 6.03. The first-order valence-corrected chi connectivity index (χ1v) is 16.3. The quantitative estimate of drug-likeness (QED) is 0.238. The first-order chi connectivity index (χ1) is 23.2. The van der Waals surface area contributed by atoms with Crippen LogP contribution in [0.5, 0.6) is 11.8 Å². The molecular weight excluding hydrogens is 655 g/mol.